The minimum atomic E-state index is -0.736. The van der Waals surface area contributed by atoms with E-state index < -0.39 is 22.5 Å². The van der Waals surface area contributed by atoms with Crippen molar-refractivity contribution in [3.05, 3.63) is 81.7 Å². The molecule has 11 heteroatoms. The van der Waals surface area contributed by atoms with E-state index in [-0.39, 0.29) is 23.0 Å². The molecule has 2 aromatic carbocycles. The molecular weight excluding hydrogens is 406 g/mol. The number of amides is 1. The van der Waals surface area contributed by atoms with Crippen LogP contribution in [0.2, 0.25) is 0 Å². The van der Waals surface area contributed by atoms with Crippen LogP contribution in [0.5, 0.6) is 11.6 Å². The van der Waals surface area contributed by atoms with Crippen LogP contribution in [0, 0.1) is 17.0 Å². The summed E-state index contributed by atoms with van der Waals surface area (Å²) < 4.78 is 10.1. The number of carbonyl (C=O) groups is 2. The number of aromatic nitrogens is 2. The number of rotatable bonds is 7. The lowest BCUT2D eigenvalue weighted by atomic mass is 10.1. The van der Waals surface area contributed by atoms with Gasteiger partial charge in [-0.1, -0.05) is 18.2 Å². The van der Waals surface area contributed by atoms with E-state index in [0.717, 1.165) is 11.9 Å². The monoisotopic (exact) mass is 423 g/mol. The Morgan fingerprint density at radius 2 is 1.77 bits per heavy atom. The van der Waals surface area contributed by atoms with Gasteiger partial charge in [-0.3, -0.25) is 25.8 Å². The molecule has 3 rings (SSSR count). The van der Waals surface area contributed by atoms with Crippen molar-refractivity contribution >= 4 is 23.4 Å². The van der Waals surface area contributed by atoms with E-state index in [9.17, 15) is 19.7 Å². The number of anilines is 1. The molecule has 11 nitrogen and oxygen atoms in total. The van der Waals surface area contributed by atoms with Gasteiger partial charge in [0.25, 0.3) is 5.91 Å². The second kappa shape index (κ2) is 9.31. The molecular formula is C20H17N5O6. The lowest BCUT2D eigenvalue weighted by Gasteiger charge is -2.11. The van der Waals surface area contributed by atoms with Crippen LogP contribution in [0.1, 0.15) is 26.3 Å². The zero-order chi connectivity index (χ0) is 22.4. The normalized spacial score (nSPS) is 10.1. The van der Waals surface area contributed by atoms with Crippen LogP contribution in [0.4, 0.5) is 11.5 Å². The second-order valence-electron chi connectivity index (χ2n) is 6.15. The van der Waals surface area contributed by atoms with Crippen LogP contribution in [0.3, 0.4) is 0 Å². The molecule has 31 heavy (non-hydrogen) atoms. The quantitative estimate of drug-likeness (QED) is 0.332. The first-order valence-corrected chi connectivity index (χ1v) is 8.88. The predicted octanol–water partition coefficient (Wildman–Crippen LogP) is 3.03. The van der Waals surface area contributed by atoms with Crippen molar-refractivity contribution in [3.63, 3.8) is 0 Å². The summed E-state index contributed by atoms with van der Waals surface area (Å²) >= 11 is 0. The third kappa shape index (κ3) is 4.90. The SMILES string of the molecule is COC(=O)c1ccc(Oc2ncnc(NNC(=O)c3ccccc3C)c2[N+](=O)[O-])cc1. The number of nitro groups is 1. The number of nitrogens with zero attached hydrogens (tertiary/aromatic N) is 3. The van der Waals surface area contributed by atoms with Gasteiger partial charge in [0.2, 0.25) is 5.82 Å². The van der Waals surface area contributed by atoms with E-state index in [1.807, 2.05) is 0 Å². The highest BCUT2D eigenvalue weighted by Gasteiger charge is 2.26. The summed E-state index contributed by atoms with van der Waals surface area (Å²) in [6.07, 6.45) is 1.05. The van der Waals surface area contributed by atoms with E-state index in [0.29, 0.717) is 5.56 Å². The van der Waals surface area contributed by atoms with Gasteiger partial charge in [-0.25, -0.2) is 9.78 Å². The fraction of sp³-hybridized carbons (Fsp3) is 0.100. The number of carbonyl (C=O) groups excluding carboxylic acids is 2. The smallest absolute Gasteiger partial charge is 0.374 e. The summed E-state index contributed by atoms with van der Waals surface area (Å²) in [6, 6.07) is 12.6. The Hall–Kier alpha value is -4.54. The van der Waals surface area contributed by atoms with Crippen molar-refractivity contribution in [1.82, 2.24) is 15.4 Å². The van der Waals surface area contributed by atoms with Gasteiger partial charge >= 0.3 is 17.5 Å². The Balaban J connectivity index is 1.81. The van der Waals surface area contributed by atoms with E-state index in [1.165, 1.54) is 31.4 Å². The van der Waals surface area contributed by atoms with Crippen LogP contribution in [0.15, 0.2) is 54.9 Å². The summed E-state index contributed by atoms with van der Waals surface area (Å²) in [7, 11) is 1.25. The van der Waals surface area contributed by atoms with Crippen LogP contribution in [-0.4, -0.2) is 33.9 Å². The Morgan fingerprint density at radius 3 is 2.42 bits per heavy atom. The number of ether oxygens (including phenoxy) is 2. The first-order valence-electron chi connectivity index (χ1n) is 8.88. The van der Waals surface area contributed by atoms with Gasteiger partial charge in [-0.15, -0.1) is 0 Å². The minimum absolute atomic E-state index is 0.198. The Labute approximate surface area is 176 Å². The summed E-state index contributed by atoms with van der Waals surface area (Å²) in [6.45, 7) is 1.76. The molecule has 0 aliphatic rings. The highest BCUT2D eigenvalue weighted by atomic mass is 16.6. The fourth-order valence-corrected chi connectivity index (χ4v) is 2.59. The maximum absolute atomic E-state index is 12.4. The standard InChI is InChI=1S/C20H17N5O6/c1-12-5-3-4-6-15(12)18(26)24-23-17-16(25(28)29)19(22-11-21-17)31-14-9-7-13(8-10-14)20(27)30-2/h3-11H,1-2H3,(H,24,26)(H,21,22,23). The largest absolute Gasteiger partial charge is 0.465 e. The van der Waals surface area contributed by atoms with Gasteiger partial charge in [0.15, 0.2) is 0 Å². The molecule has 0 unspecified atom stereocenters. The molecule has 1 aromatic heterocycles. The van der Waals surface area contributed by atoms with E-state index in [1.54, 1.807) is 31.2 Å². The van der Waals surface area contributed by atoms with Crippen LogP contribution in [0.25, 0.3) is 0 Å². The minimum Gasteiger partial charge on any atom is -0.465 e. The molecule has 0 fully saturated rings. The van der Waals surface area contributed by atoms with E-state index in [2.05, 4.69) is 25.6 Å². The molecule has 0 radical (unpaired) electrons. The van der Waals surface area contributed by atoms with Crippen molar-refractivity contribution < 1.29 is 24.0 Å². The molecule has 0 bridgehead atoms. The Bertz CT molecular complexity index is 1130. The molecule has 0 aliphatic heterocycles. The third-order valence-electron chi connectivity index (χ3n) is 4.15. The number of hydrogen-bond donors (Lipinski definition) is 2. The summed E-state index contributed by atoms with van der Waals surface area (Å²) in [5.74, 6) is -1.44. The number of benzene rings is 2. The van der Waals surface area contributed by atoms with Gasteiger partial charge in [0.1, 0.15) is 12.1 Å². The average Bonchev–Trinajstić information content (AvgIpc) is 2.77. The first-order chi connectivity index (χ1) is 14.9. The third-order valence-corrected chi connectivity index (χ3v) is 4.15. The molecule has 0 spiro atoms. The lowest BCUT2D eigenvalue weighted by molar-refractivity contribution is -0.385. The zero-order valence-electron chi connectivity index (χ0n) is 16.5. The van der Waals surface area contributed by atoms with Gasteiger partial charge in [-0.2, -0.15) is 4.98 Å². The molecule has 0 aliphatic carbocycles. The van der Waals surface area contributed by atoms with Gasteiger partial charge in [-0.05, 0) is 42.8 Å². The maximum Gasteiger partial charge on any atom is 0.374 e. The number of nitrogens with one attached hydrogen (secondary N) is 2. The average molecular weight is 423 g/mol. The number of aryl methyl sites for hydroxylation is 1. The molecule has 2 N–H and O–H groups in total. The Kier molecular flexibility index (Phi) is 6.36. The first kappa shape index (κ1) is 21.2. The highest BCUT2D eigenvalue weighted by molar-refractivity contribution is 5.96. The summed E-state index contributed by atoms with van der Waals surface area (Å²) in [5.41, 5.74) is 5.66. The van der Waals surface area contributed by atoms with Crippen LogP contribution < -0.4 is 15.6 Å². The lowest BCUT2D eigenvalue weighted by Crippen LogP contribution is -2.30. The van der Waals surface area contributed by atoms with Crippen molar-refractivity contribution in [2.45, 2.75) is 6.92 Å². The molecule has 0 saturated carbocycles. The molecule has 0 atom stereocenters. The topological polar surface area (TPSA) is 146 Å². The van der Waals surface area contributed by atoms with Gasteiger partial charge in [0.05, 0.1) is 17.6 Å². The van der Waals surface area contributed by atoms with Crippen molar-refractivity contribution in [1.29, 1.82) is 0 Å². The predicted molar refractivity (Wildman–Crippen MR) is 109 cm³/mol. The number of esters is 1. The molecule has 0 saturated heterocycles. The second-order valence-corrected chi connectivity index (χ2v) is 6.15. The number of hydrogen-bond acceptors (Lipinski definition) is 9. The fourth-order valence-electron chi connectivity index (χ4n) is 2.59. The maximum atomic E-state index is 12.4. The highest BCUT2D eigenvalue weighted by Crippen LogP contribution is 2.33. The van der Waals surface area contributed by atoms with Crippen LogP contribution in [-0.2, 0) is 4.74 Å². The zero-order valence-corrected chi connectivity index (χ0v) is 16.5. The summed E-state index contributed by atoms with van der Waals surface area (Å²) in [4.78, 5) is 42.4. The van der Waals surface area contributed by atoms with E-state index >= 15 is 0 Å². The van der Waals surface area contributed by atoms with Gasteiger partial charge in [0, 0.05) is 5.56 Å². The van der Waals surface area contributed by atoms with Crippen molar-refractivity contribution in [3.8, 4) is 11.6 Å². The molecule has 1 heterocycles. The van der Waals surface area contributed by atoms with Crippen LogP contribution >= 0.6 is 0 Å². The molecule has 3 aromatic rings. The molecule has 1 amide bonds. The van der Waals surface area contributed by atoms with Gasteiger partial charge < -0.3 is 9.47 Å². The van der Waals surface area contributed by atoms with Crippen molar-refractivity contribution in [2.75, 3.05) is 12.5 Å². The van der Waals surface area contributed by atoms with E-state index in [4.69, 9.17) is 4.74 Å². The van der Waals surface area contributed by atoms with Crippen molar-refractivity contribution in [2.24, 2.45) is 0 Å². The number of hydrazine groups is 1. The summed E-state index contributed by atoms with van der Waals surface area (Å²) in [5, 5.41) is 11.6. The Morgan fingerprint density at radius 1 is 1.06 bits per heavy atom. The number of methoxy groups -OCH3 is 1. The molecule has 158 valence electrons.